The van der Waals surface area contributed by atoms with Gasteiger partial charge in [-0.15, -0.1) is 0 Å². The van der Waals surface area contributed by atoms with Crippen LogP contribution in [0.3, 0.4) is 0 Å². The van der Waals surface area contributed by atoms with Crippen molar-refractivity contribution in [2.75, 3.05) is 6.61 Å². The molecule has 8 nitrogen and oxygen atoms in total. The molecule has 0 saturated heterocycles. The summed E-state index contributed by atoms with van der Waals surface area (Å²) in [6, 6.07) is 1.50. The molecule has 0 spiro atoms. The number of hydrogen-bond acceptors (Lipinski definition) is 7. The van der Waals surface area contributed by atoms with Crippen LogP contribution in [0.5, 0.6) is 0 Å². The maximum atomic E-state index is 11.6. The van der Waals surface area contributed by atoms with E-state index in [4.69, 9.17) is 5.21 Å². The molecule has 1 aromatic rings. The van der Waals surface area contributed by atoms with Crippen LogP contribution in [0, 0.1) is 24.0 Å². The number of aryl methyl sites for hydroxylation is 2. The first-order valence-electron chi connectivity index (χ1n) is 5.44. The van der Waals surface area contributed by atoms with E-state index in [1.165, 1.54) is 13.0 Å². The van der Waals surface area contributed by atoms with Crippen LogP contribution in [0.25, 0.3) is 0 Å². The normalized spacial score (nSPS) is 11.2. The summed E-state index contributed by atoms with van der Waals surface area (Å²) in [5.41, 5.74) is -0.489. The molecular weight excluding hydrogens is 254 g/mol. The van der Waals surface area contributed by atoms with Crippen molar-refractivity contribution in [3.05, 3.63) is 33.1 Å². The second-order valence-corrected chi connectivity index (χ2v) is 3.70. The Morgan fingerprint density at radius 2 is 2.21 bits per heavy atom. The molecule has 8 heteroatoms. The van der Waals surface area contributed by atoms with Gasteiger partial charge in [-0.2, -0.15) is 0 Å². The number of nitro groups is 1. The minimum absolute atomic E-state index is 0.0520. The first-order chi connectivity index (χ1) is 8.92. The lowest BCUT2D eigenvalue weighted by Gasteiger charge is -2.07. The Balaban J connectivity index is 3.47. The summed E-state index contributed by atoms with van der Waals surface area (Å²) in [7, 11) is 0. The molecule has 0 aliphatic heterocycles. The quantitative estimate of drug-likeness (QED) is 0.289. The Morgan fingerprint density at radius 1 is 1.58 bits per heavy atom. The summed E-state index contributed by atoms with van der Waals surface area (Å²) in [5, 5.41) is 22.7. The number of hydrogen-bond donors (Lipinski definition) is 1. The van der Waals surface area contributed by atoms with E-state index in [-0.39, 0.29) is 18.0 Å². The van der Waals surface area contributed by atoms with Crippen molar-refractivity contribution >= 4 is 17.4 Å². The molecule has 0 fully saturated rings. The Kier molecular flexibility index (Phi) is 4.51. The van der Waals surface area contributed by atoms with E-state index in [1.807, 2.05) is 0 Å². The molecule has 1 rings (SSSR count). The molecule has 0 aliphatic carbocycles. The number of aromatic nitrogens is 1. The maximum absolute atomic E-state index is 11.6. The lowest BCUT2D eigenvalue weighted by atomic mass is 10.1. The minimum Gasteiger partial charge on any atom is -0.461 e. The van der Waals surface area contributed by atoms with Gasteiger partial charge in [0.1, 0.15) is 0 Å². The van der Waals surface area contributed by atoms with E-state index < -0.39 is 16.6 Å². The van der Waals surface area contributed by atoms with Crippen LogP contribution >= 0.6 is 0 Å². The zero-order valence-corrected chi connectivity index (χ0v) is 10.7. The van der Waals surface area contributed by atoms with Gasteiger partial charge in [0, 0.05) is 11.3 Å². The van der Waals surface area contributed by atoms with Crippen LogP contribution in [0.15, 0.2) is 11.2 Å². The van der Waals surface area contributed by atoms with Gasteiger partial charge in [0.15, 0.2) is 5.69 Å². The molecule has 19 heavy (non-hydrogen) atoms. The summed E-state index contributed by atoms with van der Waals surface area (Å²) in [6.45, 7) is 4.74. The van der Waals surface area contributed by atoms with Crippen LogP contribution < -0.4 is 0 Å². The smallest absolute Gasteiger partial charge is 0.362 e. The Hall–Kier alpha value is -2.51. The zero-order valence-electron chi connectivity index (χ0n) is 10.7. The maximum Gasteiger partial charge on any atom is 0.362 e. The highest BCUT2D eigenvalue weighted by Gasteiger charge is 2.29. The van der Waals surface area contributed by atoms with Gasteiger partial charge in [-0.1, -0.05) is 5.16 Å². The summed E-state index contributed by atoms with van der Waals surface area (Å²) in [6.07, 6.45) is 0. The van der Waals surface area contributed by atoms with Crippen molar-refractivity contribution < 1.29 is 19.7 Å². The van der Waals surface area contributed by atoms with Crippen LogP contribution in [-0.2, 0) is 9.53 Å². The summed E-state index contributed by atoms with van der Waals surface area (Å²) < 4.78 is 4.67. The minimum atomic E-state index is -0.967. The van der Waals surface area contributed by atoms with Crippen LogP contribution in [0.2, 0.25) is 0 Å². The Bertz CT molecular complexity index is 554. The third kappa shape index (κ3) is 3.03. The van der Waals surface area contributed by atoms with Crippen LogP contribution in [0.1, 0.15) is 23.9 Å². The number of ether oxygens (including phenoxy) is 1. The monoisotopic (exact) mass is 267 g/mol. The van der Waals surface area contributed by atoms with Gasteiger partial charge in [0.2, 0.25) is 5.71 Å². The summed E-state index contributed by atoms with van der Waals surface area (Å²) in [5.74, 6) is -0.967. The molecule has 0 amide bonds. The fourth-order valence-electron chi connectivity index (χ4n) is 1.61. The van der Waals surface area contributed by atoms with Crippen molar-refractivity contribution in [1.29, 1.82) is 0 Å². The highest BCUT2D eigenvalue weighted by Crippen LogP contribution is 2.23. The van der Waals surface area contributed by atoms with Crippen molar-refractivity contribution in [1.82, 2.24) is 4.98 Å². The van der Waals surface area contributed by atoms with Crippen molar-refractivity contribution in [3.8, 4) is 0 Å². The first-order valence-corrected chi connectivity index (χ1v) is 5.44. The number of rotatable bonds is 4. The SMILES string of the molecule is CCOC(=O)C(=NO)c1nc(C)cc(C)c1[N+](=O)[O-]. The first kappa shape index (κ1) is 14.6. The molecule has 0 saturated carbocycles. The number of pyridine rings is 1. The number of esters is 1. The second kappa shape index (κ2) is 5.89. The molecule has 0 radical (unpaired) electrons. The van der Waals surface area contributed by atoms with E-state index in [0.717, 1.165) is 0 Å². The molecule has 1 N–H and O–H groups in total. The predicted octanol–water partition coefficient (Wildman–Crippen LogP) is 1.35. The molecular formula is C11H13N3O5. The zero-order chi connectivity index (χ0) is 14.6. The molecule has 1 heterocycles. The molecule has 0 unspecified atom stereocenters. The van der Waals surface area contributed by atoms with Gasteiger partial charge in [0.25, 0.3) is 5.69 Å². The largest absolute Gasteiger partial charge is 0.461 e. The van der Waals surface area contributed by atoms with E-state index in [1.54, 1.807) is 13.8 Å². The lowest BCUT2D eigenvalue weighted by molar-refractivity contribution is -0.385. The van der Waals surface area contributed by atoms with E-state index in [0.29, 0.717) is 11.3 Å². The lowest BCUT2D eigenvalue weighted by Crippen LogP contribution is -2.22. The molecule has 1 aromatic heterocycles. The van der Waals surface area contributed by atoms with Crippen molar-refractivity contribution in [2.24, 2.45) is 5.16 Å². The van der Waals surface area contributed by atoms with Gasteiger partial charge in [-0.05, 0) is 26.8 Å². The number of carbonyl (C=O) groups is 1. The number of nitrogens with zero attached hydrogens (tertiary/aromatic N) is 3. The van der Waals surface area contributed by atoms with Gasteiger partial charge in [0.05, 0.1) is 11.5 Å². The standard InChI is InChI=1S/C11H13N3O5/c1-4-19-11(15)9(13-16)8-10(14(17)18)6(2)5-7(3)12-8/h5,16H,4H2,1-3H3. The highest BCUT2D eigenvalue weighted by molar-refractivity contribution is 6.43. The van der Waals surface area contributed by atoms with E-state index in [9.17, 15) is 14.9 Å². The van der Waals surface area contributed by atoms with Gasteiger partial charge >= 0.3 is 5.97 Å². The average molecular weight is 267 g/mol. The van der Waals surface area contributed by atoms with Crippen LogP contribution in [-0.4, -0.2) is 33.4 Å². The van der Waals surface area contributed by atoms with E-state index >= 15 is 0 Å². The molecule has 0 aromatic carbocycles. The number of carbonyl (C=O) groups excluding carboxylic acids is 1. The molecule has 0 atom stereocenters. The van der Waals surface area contributed by atoms with Crippen LogP contribution in [0.4, 0.5) is 5.69 Å². The highest BCUT2D eigenvalue weighted by atomic mass is 16.6. The Labute approximate surface area is 108 Å². The third-order valence-electron chi connectivity index (χ3n) is 2.29. The predicted molar refractivity (Wildman–Crippen MR) is 65.3 cm³/mol. The fourth-order valence-corrected chi connectivity index (χ4v) is 1.61. The van der Waals surface area contributed by atoms with Gasteiger partial charge in [-0.3, -0.25) is 10.1 Å². The third-order valence-corrected chi connectivity index (χ3v) is 2.29. The van der Waals surface area contributed by atoms with Gasteiger partial charge in [-0.25, -0.2) is 9.78 Å². The molecule has 0 bridgehead atoms. The molecule has 0 aliphatic rings. The summed E-state index contributed by atoms with van der Waals surface area (Å²) in [4.78, 5) is 25.8. The second-order valence-electron chi connectivity index (χ2n) is 3.70. The average Bonchev–Trinajstić information content (AvgIpc) is 2.28. The topological polar surface area (TPSA) is 115 Å². The fraction of sp³-hybridized carbons (Fsp3) is 0.364. The van der Waals surface area contributed by atoms with E-state index in [2.05, 4.69) is 14.9 Å². The molecule has 102 valence electrons. The Morgan fingerprint density at radius 3 is 2.68 bits per heavy atom. The number of oxime groups is 1. The van der Waals surface area contributed by atoms with Crippen molar-refractivity contribution in [3.63, 3.8) is 0 Å². The van der Waals surface area contributed by atoms with Gasteiger partial charge < -0.3 is 9.94 Å². The van der Waals surface area contributed by atoms with Crippen molar-refractivity contribution in [2.45, 2.75) is 20.8 Å². The summed E-state index contributed by atoms with van der Waals surface area (Å²) >= 11 is 0.